The SMILES string of the molecule is O=C1N[C@H](c2ccc(OCCO)cc2)C(=O)N1Cc1nc2cc(I)ccc2[nH]1. The lowest BCUT2D eigenvalue weighted by Crippen LogP contribution is -2.30. The minimum absolute atomic E-state index is 0.0735. The first-order valence-electron chi connectivity index (χ1n) is 8.65. The number of hydrogen-bond acceptors (Lipinski definition) is 5. The van der Waals surface area contributed by atoms with E-state index >= 15 is 0 Å². The minimum Gasteiger partial charge on any atom is -0.491 e. The molecule has 0 spiro atoms. The highest BCUT2D eigenvalue weighted by Crippen LogP contribution is 2.25. The summed E-state index contributed by atoms with van der Waals surface area (Å²) in [5.41, 5.74) is 2.32. The number of aromatic nitrogens is 2. The highest BCUT2D eigenvalue weighted by atomic mass is 127. The van der Waals surface area contributed by atoms with Crippen molar-refractivity contribution in [1.82, 2.24) is 20.2 Å². The number of carbonyl (C=O) groups is 2. The van der Waals surface area contributed by atoms with E-state index in [9.17, 15) is 9.59 Å². The molecule has 1 saturated heterocycles. The average Bonchev–Trinajstić information content (AvgIpc) is 3.21. The minimum atomic E-state index is -0.746. The summed E-state index contributed by atoms with van der Waals surface area (Å²) in [5, 5.41) is 11.5. The van der Waals surface area contributed by atoms with Gasteiger partial charge in [-0.15, -0.1) is 0 Å². The van der Waals surface area contributed by atoms with Gasteiger partial charge in [-0.25, -0.2) is 9.78 Å². The number of urea groups is 1. The molecule has 0 radical (unpaired) electrons. The predicted molar refractivity (Wildman–Crippen MR) is 110 cm³/mol. The quantitative estimate of drug-likeness (QED) is 0.362. The molecule has 1 aliphatic heterocycles. The molecule has 0 unspecified atom stereocenters. The van der Waals surface area contributed by atoms with Crippen molar-refractivity contribution in [2.45, 2.75) is 12.6 Å². The van der Waals surface area contributed by atoms with Gasteiger partial charge in [-0.2, -0.15) is 0 Å². The van der Waals surface area contributed by atoms with Crippen molar-refractivity contribution in [3.8, 4) is 5.75 Å². The fourth-order valence-corrected chi connectivity index (χ4v) is 3.55. The van der Waals surface area contributed by atoms with Gasteiger partial charge in [0, 0.05) is 3.57 Å². The summed E-state index contributed by atoms with van der Waals surface area (Å²) in [7, 11) is 0. The van der Waals surface area contributed by atoms with Crippen LogP contribution in [0.4, 0.5) is 4.79 Å². The van der Waals surface area contributed by atoms with Crippen LogP contribution in [0.3, 0.4) is 0 Å². The number of H-pyrrole nitrogens is 1. The summed E-state index contributed by atoms with van der Waals surface area (Å²) >= 11 is 2.21. The smallest absolute Gasteiger partial charge is 0.325 e. The summed E-state index contributed by atoms with van der Waals surface area (Å²) in [6.45, 7) is 0.196. The van der Waals surface area contributed by atoms with Crippen LogP contribution < -0.4 is 10.1 Å². The van der Waals surface area contributed by atoms with E-state index in [1.165, 1.54) is 0 Å². The van der Waals surface area contributed by atoms with Crippen LogP contribution in [0.2, 0.25) is 0 Å². The highest BCUT2D eigenvalue weighted by molar-refractivity contribution is 14.1. The molecule has 4 rings (SSSR count). The van der Waals surface area contributed by atoms with Crippen LogP contribution in [-0.2, 0) is 11.3 Å². The first kappa shape index (κ1) is 18.7. The fraction of sp³-hybridized carbons (Fsp3) is 0.211. The third-order valence-corrected chi connectivity index (χ3v) is 5.07. The van der Waals surface area contributed by atoms with Crippen molar-refractivity contribution in [2.75, 3.05) is 13.2 Å². The van der Waals surface area contributed by atoms with Gasteiger partial charge in [0.25, 0.3) is 5.91 Å². The van der Waals surface area contributed by atoms with Crippen LogP contribution in [0.1, 0.15) is 17.4 Å². The molecule has 0 bridgehead atoms. The van der Waals surface area contributed by atoms with Gasteiger partial charge >= 0.3 is 6.03 Å². The van der Waals surface area contributed by atoms with Crippen LogP contribution in [0.5, 0.6) is 5.75 Å². The number of benzene rings is 2. The Labute approximate surface area is 174 Å². The van der Waals surface area contributed by atoms with Crippen LogP contribution in [0, 0.1) is 3.57 Å². The zero-order valence-electron chi connectivity index (χ0n) is 14.7. The summed E-state index contributed by atoms with van der Waals surface area (Å²) in [5.74, 6) is 0.807. The Morgan fingerprint density at radius 2 is 1.96 bits per heavy atom. The standard InChI is InChI=1S/C19H17IN4O4/c20-12-3-6-14-15(9-12)22-16(21-14)10-24-18(26)17(23-19(24)27)11-1-4-13(5-2-11)28-8-7-25/h1-6,9,17,25H,7-8,10H2,(H,21,22)(H,23,27)/t17-/m1/s1. The summed E-state index contributed by atoms with van der Waals surface area (Å²) in [4.78, 5) is 33.9. The van der Waals surface area contributed by atoms with Crippen molar-refractivity contribution in [3.05, 3.63) is 57.4 Å². The summed E-state index contributed by atoms with van der Waals surface area (Å²) in [6, 6.07) is 11.5. The molecule has 8 nitrogen and oxygen atoms in total. The molecule has 9 heteroatoms. The lowest BCUT2D eigenvalue weighted by molar-refractivity contribution is -0.128. The average molecular weight is 492 g/mol. The molecular formula is C19H17IN4O4. The van der Waals surface area contributed by atoms with Crippen LogP contribution in [0.25, 0.3) is 11.0 Å². The maximum absolute atomic E-state index is 12.8. The number of imidazole rings is 1. The number of nitrogens with zero attached hydrogens (tertiary/aromatic N) is 2. The number of hydrogen-bond donors (Lipinski definition) is 3. The third-order valence-electron chi connectivity index (χ3n) is 4.40. The molecule has 1 fully saturated rings. The van der Waals surface area contributed by atoms with E-state index in [2.05, 4.69) is 37.9 Å². The summed E-state index contributed by atoms with van der Waals surface area (Å²) < 4.78 is 6.37. The van der Waals surface area contributed by atoms with Gasteiger partial charge < -0.3 is 20.1 Å². The number of aromatic amines is 1. The van der Waals surface area contributed by atoms with E-state index in [4.69, 9.17) is 9.84 Å². The Bertz CT molecular complexity index is 1030. The number of ether oxygens (including phenoxy) is 1. The zero-order valence-corrected chi connectivity index (χ0v) is 16.8. The third kappa shape index (κ3) is 3.67. The normalized spacial score (nSPS) is 16.6. The molecule has 0 saturated carbocycles. The largest absolute Gasteiger partial charge is 0.491 e. The first-order valence-corrected chi connectivity index (χ1v) is 9.72. The molecule has 3 amide bonds. The topological polar surface area (TPSA) is 108 Å². The highest BCUT2D eigenvalue weighted by Gasteiger charge is 2.39. The van der Waals surface area contributed by atoms with Gasteiger partial charge in [0.15, 0.2) is 0 Å². The first-order chi connectivity index (χ1) is 13.5. The number of imide groups is 1. The van der Waals surface area contributed by atoms with E-state index < -0.39 is 12.1 Å². The summed E-state index contributed by atoms with van der Waals surface area (Å²) in [6.07, 6.45) is 0. The van der Waals surface area contributed by atoms with Gasteiger partial charge in [-0.1, -0.05) is 12.1 Å². The monoisotopic (exact) mass is 492 g/mol. The number of halogens is 1. The number of nitrogens with one attached hydrogen (secondary N) is 2. The van der Waals surface area contributed by atoms with Crippen LogP contribution in [0.15, 0.2) is 42.5 Å². The van der Waals surface area contributed by atoms with Gasteiger partial charge in [0.1, 0.15) is 24.2 Å². The van der Waals surface area contributed by atoms with Gasteiger partial charge in [0.2, 0.25) is 0 Å². The number of fused-ring (bicyclic) bond motifs is 1. The zero-order chi connectivity index (χ0) is 19.7. The van der Waals surface area contributed by atoms with Crippen molar-refractivity contribution >= 4 is 45.6 Å². The van der Waals surface area contributed by atoms with E-state index in [-0.39, 0.29) is 25.7 Å². The molecule has 3 N–H and O–H groups in total. The van der Waals surface area contributed by atoms with Crippen molar-refractivity contribution < 1.29 is 19.4 Å². The van der Waals surface area contributed by atoms with Crippen LogP contribution >= 0.6 is 22.6 Å². The van der Waals surface area contributed by atoms with Crippen LogP contribution in [-0.4, -0.2) is 45.1 Å². The molecule has 2 heterocycles. The molecular weight excluding hydrogens is 475 g/mol. The van der Waals surface area contributed by atoms with E-state index in [1.54, 1.807) is 24.3 Å². The Morgan fingerprint density at radius 3 is 2.71 bits per heavy atom. The molecule has 3 aromatic rings. The molecule has 2 aromatic carbocycles. The number of aliphatic hydroxyl groups is 1. The van der Waals surface area contributed by atoms with Gasteiger partial charge in [0.05, 0.1) is 24.2 Å². The lowest BCUT2D eigenvalue weighted by atomic mass is 10.1. The Hall–Kier alpha value is -2.66. The van der Waals surface area contributed by atoms with Gasteiger partial charge in [-0.3, -0.25) is 9.69 Å². The fourth-order valence-electron chi connectivity index (χ4n) is 3.07. The van der Waals surface area contributed by atoms with Gasteiger partial charge in [-0.05, 0) is 58.5 Å². The number of amides is 3. The Balaban J connectivity index is 1.50. The van der Waals surface area contributed by atoms with E-state index in [1.807, 2.05) is 18.2 Å². The van der Waals surface area contributed by atoms with Crippen molar-refractivity contribution in [3.63, 3.8) is 0 Å². The number of carbonyl (C=O) groups excluding carboxylic acids is 2. The molecule has 1 aromatic heterocycles. The van der Waals surface area contributed by atoms with E-state index in [0.29, 0.717) is 17.1 Å². The molecule has 144 valence electrons. The molecule has 28 heavy (non-hydrogen) atoms. The second kappa shape index (κ2) is 7.76. The Kier molecular flexibility index (Phi) is 5.18. The van der Waals surface area contributed by atoms with Crippen molar-refractivity contribution in [1.29, 1.82) is 0 Å². The molecule has 0 aliphatic carbocycles. The maximum atomic E-state index is 12.8. The van der Waals surface area contributed by atoms with Crippen molar-refractivity contribution in [2.24, 2.45) is 0 Å². The molecule has 1 atom stereocenters. The lowest BCUT2D eigenvalue weighted by Gasteiger charge is -2.12. The van der Waals surface area contributed by atoms with E-state index in [0.717, 1.165) is 19.5 Å². The second-order valence-corrected chi connectivity index (χ2v) is 7.54. The number of rotatable bonds is 6. The predicted octanol–water partition coefficient (Wildman–Crippen LogP) is 2.33. The maximum Gasteiger partial charge on any atom is 0.325 e. The second-order valence-electron chi connectivity index (χ2n) is 6.29. The molecule has 1 aliphatic rings. The number of aliphatic hydroxyl groups excluding tert-OH is 1. The Morgan fingerprint density at radius 1 is 1.18 bits per heavy atom.